The first-order valence-electron chi connectivity index (χ1n) is 8.78. The molecule has 7 heteroatoms. The molecule has 4 N–H and O–H groups in total. The lowest BCUT2D eigenvalue weighted by molar-refractivity contribution is 0.102. The summed E-state index contributed by atoms with van der Waals surface area (Å²) in [6, 6.07) is 12.4. The number of hydrogen-bond donors (Lipinski definition) is 3. The van der Waals surface area contributed by atoms with Gasteiger partial charge >= 0.3 is 0 Å². The van der Waals surface area contributed by atoms with Crippen LogP contribution in [0, 0.1) is 0 Å². The van der Waals surface area contributed by atoms with Crippen LogP contribution in [0.1, 0.15) is 30.6 Å². The highest BCUT2D eigenvalue weighted by molar-refractivity contribution is 6.04. The van der Waals surface area contributed by atoms with E-state index in [0.29, 0.717) is 28.7 Å². The van der Waals surface area contributed by atoms with Crippen LogP contribution in [0.3, 0.4) is 0 Å². The van der Waals surface area contributed by atoms with Crippen LogP contribution in [0.2, 0.25) is 0 Å². The second-order valence-electron chi connectivity index (χ2n) is 6.23. The molecule has 7 nitrogen and oxygen atoms in total. The number of nitrogens with zero attached hydrogens (tertiary/aromatic N) is 3. The number of pyridine rings is 1. The molecule has 3 aromatic rings. The van der Waals surface area contributed by atoms with Gasteiger partial charge in [-0.2, -0.15) is 4.98 Å². The van der Waals surface area contributed by atoms with Crippen molar-refractivity contribution < 1.29 is 4.79 Å². The number of anilines is 3. The molecular weight excluding hydrogens is 340 g/mol. The van der Waals surface area contributed by atoms with Crippen LogP contribution in [-0.2, 0) is 0 Å². The third kappa shape index (κ3) is 4.78. The van der Waals surface area contributed by atoms with Gasteiger partial charge in [0.15, 0.2) is 0 Å². The summed E-state index contributed by atoms with van der Waals surface area (Å²) >= 11 is 0. The van der Waals surface area contributed by atoms with Gasteiger partial charge in [0.1, 0.15) is 5.82 Å². The summed E-state index contributed by atoms with van der Waals surface area (Å²) in [5.74, 6) is 0.607. The first-order chi connectivity index (χ1) is 13.0. The number of nitrogen functional groups attached to an aromatic ring is 1. The van der Waals surface area contributed by atoms with Crippen LogP contribution in [0.15, 0.2) is 54.9 Å². The number of rotatable bonds is 6. The van der Waals surface area contributed by atoms with E-state index in [-0.39, 0.29) is 11.9 Å². The Hall–Kier alpha value is -3.48. The molecule has 0 aliphatic rings. The molecule has 0 spiro atoms. The monoisotopic (exact) mass is 362 g/mol. The van der Waals surface area contributed by atoms with Crippen molar-refractivity contribution in [2.45, 2.75) is 26.3 Å². The smallest absolute Gasteiger partial charge is 0.256 e. The predicted molar refractivity (Wildman–Crippen MR) is 107 cm³/mol. The van der Waals surface area contributed by atoms with Crippen molar-refractivity contribution in [3.05, 3.63) is 60.4 Å². The van der Waals surface area contributed by atoms with Crippen LogP contribution >= 0.6 is 0 Å². The number of hydrogen-bond acceptors (Lipinski definition) is 6. The fourth-order valence-electron chi connectivity index (χ4n) is 2.38. The van der Waals surface area contributed by atoms with E-state index in [9.17, 15) is 4.79 Å². The fourth-order valence-corrected chi connectivity index (χ4v) is 2.38. The minimum atomic E-state index is -0.264. The molecule has 0 radical (unpaired) electrons. The lowest BCUT2D eigenvalue weighted by atomic mass is 10.2. The molecule has 2 heterocycles. The van der Waals surface area contributed by atoms with E-state index in [2.05, 4.69) is 32.5 Å². The van der Waals surface area contributed by atoms with Crippen LogP contribution in [0.5, 0.6) is 0 Å². The second kappa shape index (κ2) is 8.27. The van der Waals surface area contributed by atoms with Gasteiger partial charge in [-0.05, 0) is 49.7 Å². The maximum absolute atomic E-state index is 12.5. The molecule has 0 aliphatic heterocycles. The zero-order valence-corrected chi connectivity index (χ0v) is 15.3. The predicted octanol–water partition coefficient (Wildman–Crippen LogP) is 3.58. The Labute approximate surface area is 158 Å². The standard InChI is InChI=1S/C20H22N6O/c1-3-13(2)23-20-24-17(15-5-4-10-22-12-15)11-18(26-20)25-19(27)14-6-8-16(21)9-7-14/h4-13H,3,21H2,1-2H3,(H2,23,24,25,26,27)/t13-/m1/s1. The first kappa shape index (κ1) is 18.3. The third-order valence-corrected chi connectivity index (χ3v) is 4.09. The van der Waals surface area contributed by atoms with Crippen molar-refractivity contribution in [3.8, 4) is 11.3 Å². The molecule has 138 valence electrons. The van der Waals surface area contributed by atoms with Gasteiger partial charge in [0.05, 0.1) is 5.69 Å². The Kier molecular flexibility index (Phi) is 5.61. The largest absolute Gasteiger partial charge is 0.399 e. The normalized spacial score (nSPS) is 11.6. The Balaban J connectivity index is 1.91. The van der Waals surface area contributed by atoms with E-state index in [1.165, 1.54) is 0 Å². The molecule has 0 fully saturated rings. The summed E-state index contributed by atoms with van der Waals surface area (Å²) in [4.78, 5) is 25.6. The Morgan fingerprint density at radius 3 is 2.63 bits per heavy atom. The van der Waals surface area contributed by atoms with Crippen LogP contribution in [-0.4, -0.2) is 26.9 Å². The van der Waals surface area contributed by atoms with Gasteiger partial charge in [0, 0.05) is 41.3 Å². The minimum Gasteiger partial charge on any atom is -0.399 e. The van der Waals surface area contributed by atoms with Crippen LogP contribution in [0.25, 0.3) is 11.3 Å². The molecule has 1 aromatic carbocycles. The van der Waals surface area contributed by atoms with Crippen molar-refractivity contribution in [2.75, 3.05) is 16.4 Å². The summed E-state index contributed by atoms with van der Waals surface area (Å²) in [7, 11) is 0. The molecule has 1 atom stereocenters. The average molecular weight is 362 g/mol. The molecule has 2 aromatic heterocycles. The maximum Gasteiger partial charge on any atom is 0.256 e. The Morgan fingerprint density at radius 2 is 1.96 bits per heavy atom. The third-order valence-electron chi connectivity index (χ3n) is 4.09. The van der Waals surface area contributed by atoms with Gasteiger partial charge < -0.3 is 16.4 Å². The highest BCUT2D eigenvalue weighted by Crippen LogP contribution is 2.21. The van der Waals surface area contributed by atoms with E-state index >= 15 is 0 Å². The molecular formula is C20H22N6O. The fraction of sp³-hybridized carbons (Fsp3) is 0.200. The summed E-state index contributed by atoms with van der Waals surface area (Å²) in [6.07, 6.45) is 4.35. The molecule has 1 amide bonds. The lowest BCUT2D eigenvalue weighted by Crippen LogP contribution is -2.18. The lowest BCUT2D eigenvalue weighted by Gasteiger charge is -2.14. The Morgan fingerprint density at radius 1 is 1.19 bits per heavy atom. The topological polar surface area (TPSA) is 106 Å². The number of benzene rings is 1. The van der Waals surface area contributed by atoms with Gasteiger partial charge in [-0.3, -0.25) is 9.78 Å². The van der Waals surface area contributed by atoms with E-state index in [1.54, 1.807) is 42.7 Å². The highest BCUT2D eigenvalue weighted by Gasteiger charge is 2.12. The number of carbonyl (C=O) groups is 1. The van der Waals surface area contributed by atoms with Crippen molar-refractivity contribution in [2.24, 2.45) is 0 Å². The number of carbonyl (C=O) groups excluding carboxylic acids is 1. The number of amides is 1. The highest BCUT2D eigenvalue weighted by atomic mass is 16.1. The molecule has 27 heavy (non-hydrogen) atoms. The summed E-state index contributed by atoms with van der Waals surface area (Å²) in [6.45, 7) is 4.12. The quantitative estimate of drug-likeness (QED) is 0.579. The zero-order valence-electron chi connectivity index (χ0n) is 15.3. The molecule has 0 aliphatic carbocycles. The summed E-state index contributed by atoms with van der Waals surface area (Å²) in [5.41, 5.74) is 8.30. The summed E-state index contributed by atoms with van der Waals surface area (Å²) in [5, 5.41) is 6.08. The molecule has 3 rings (SSSR count). The molecule has 0 saturated carbocycles. The number of aromatic nitrogens is 3. The van der Waals surface area contributed by atoms with E-state index < -0.39 is 0 Å². The maximum atomic E-state index is 12.5. The van der Waals surface area contributed by atoms with Crippen molar-refractivity contribution >= 4 is 23.4 Å². The van der Waals surface area contributed by atoms with Crippen molar-refractivity contribution in [1.29, 1.82) is 0 Å². The number of nitrogens with two attached hydrogens (primary N) is 1. The van der Waals surface area contributed by atoms with Crippen molar-refractivity contribution in [3.63, 3.8) is 0 Å². The van der Waals surface area contributed by atoms with E-state index in [0.717, 1.165) is 12.0 Å². The van der Waals surface area contributed by atoms with Gasteiger partial charge in [-0.15, -0.1) is 0 Å². The Bertz CT molecular complexity index is 912. The van der Waals surface area contributed by atoms with Crippen molar-refractivity contribution in [1.82, 2.24) is 15.0 Å². The van der Waals surface area contributed by atoms with E-state index in [1.807, 2.05) is 19.1 Å². The second-order valence-corrected chi connectivity index (χ2v) is 6.23. The minimum absolute atomic E-state index is 0.204. The van der Waals surface area contributed by atoms with E-state index in [4.69, 9.17) is 5.73 Å². The van der Waals surface area contributed by atoms with Gasteiger partial charge in [0.25, 0.3) is 5.91 Å². The zero-order chi connectivity index (χ0) is 19.2. The number of nitrogens with one attached hydrogen (secondary N) is 2. The first-order valence-corrected chi connectivity index (χ1v) is 8.78. The van der Waals surface area contributed by atoms with Gasteiger partial charge in [-0.25, -0.2) is 4.98 Å². The van der Waals surface area contributed by atoms with Crippen LogP contribution in [0.4, 0.5) is 17.5 Å². The van der Waals surface area contributed by atoms with Gasteiger partial charge in [0.2, 0.25) is 5.95 Å². The SMILES string of the molecule is CC[C@@H](C)Nc1nc(NC(=O)c2ccc(N)cc2)cc(-c2cccnc2)n1. The molecule has 0 unspecified atom stereocenters. The van der Waals surface area contributed by atoms with Gasteiger partial charge in [-0.1, -0.05) is 6.92 Å². The summed E-state index contributed by atoms with van der Waals surface area (Å²) < 4.78 is 0. The molecule has 0 saturated heterocycles. The average Bonchev–Trinajstić information content (AvgIpc) is 2.69. The van der Waals surface area contributed by atoms with Crippen LogP contribution < -0.4 is 16.4 Å². The molecule has 0 bridgehead atoms.